The van der Waals surface area contributed by atoms with Crippen LogP contribution in [0.5, 0.6) is 5.75 Å². The molecular formula is C21H24N2O3S2. The number of rotatable bonds is 8. The van der Waals surface area contributed by atoms with Crippen molar-refractivity contribution in [1.29, 1.82) is 0 Å². The van der Waals surface area contributed by atoms with E-state index in [2.05, 4.69) is 4.98 Å². The summed E-state index contributed by atoms with van der Waals surface area (Å²) in [7, 11) is -2.25. The van der Waals surface area contributed by atoms with E-state index in [1.54, 1.807) is 35.9 Å². The second-order valence-corrected chi connectivity index (χ2v) is 9.56. The molecule has 2 heterocycles. The first kappa shape index (κ1) is 20.5. The smallest absolute Gasteiger partial charge is 0.247 e. The van der Waals surface area contributed by atoms with E-state index in [0.717, 1.165) is 21.6 Å². The van der Waals surface area contributed by atoms with Gasteiger partial charge in [-0.3, -0.25) is 4.98 Å². The van der Waals surface area contributed by atoms with Crippen LogP contribution in [-0.4, -0.2) is 31.4 Å². The molecule has 0 unspecified atom stereocenters. The van der Waals surface area contributed by atoms with Crippen LogP contribution in [0.1, 0.15) is 21.6 Å². The highest BCUT2D eigenvalue weighted by molar-refractivity contribution is 7.89. The van der Waals surface area contributed by atoms with Gasteiger partial charge in [-0.1, -0.05) is 12.1 Å². The van der Waals surface area contributed by atoms with Crippen molar-refractivity contribution < 1.29 is 13.2 Å². The van der Waals surface area contributed by atoms with Gasteiger partial charge in [0, 0.05) is 30.4 Å². The number of nitrogens with zero attached hydrogens (tertiary/aromatic N) is 2. The van der Waals surface area contributed by atoms with Crippen LogP contribution in [-0.2, 0) is 23.0 Å². The predicted octanol–water partition coefficient (Wildman–Crippen LogP) is 4.20. The quantitative estimate of drug-likeness (QED) is 0.552. The van der Waals surface area contributed by atoms with E-state index >= 15 is 0 Å². The highest BCUT2D eigenvalue weighted by Crippen LogP contribution is 2.31. The molecule has 0 aliphatic carbocycles. The molecule has 0 saturated heterocycles. The molecule has 0 aliphatic heterocycles. The summed E-state index contributed by atoms with van der Waals surface area (Å²) in [5, 5.41) is 2.00. The number of sulfonamides is 1. The molecule has 2 aromatic heterocycles. The molecule has 7 heteroatoms. The summed E-state index contributed by atoms with van der Waals surface area (Å²) in [5.74, 6) is 0.371. The first-order valence-corrected chi connectivity index (χ1v) is 11.3. The number of pyridine rings is 1. The van der Waals surface area contributed by atoms with Crippen LogP contribution in [0.4, 0.5) is 0 Å². The molecule has 3 aromatic rings. The fourth-order valence-electron chi connectivity index (χ4n) is 2.93. The van der Waals surface area contributed by atoms with Crippen molar-refractivity contribution in [3.05, 3.63) is 75.7 Å². The minimum absolute atomic E-state index is 0.202. The normalized spacial score (nSPS) is 11.7. The zero-order valence-corrected chi connectivity index (χ0v) is 17.9. The van der Waals surface area contributed by atoms with Gasteiger partial charge in [0.05, 0.1) is 7.11 Å². The molecule has 0 spiro atoms. The maximum atomic E-state index is 13.6. The maximum absolute atomic E-state index is 13.6. The fraction of sp³-hybridized carbons (Fsp3) is 0.286. The molecule has 0 saturated carbocycles. The molecule has 3 rings (SSSR count). The first-order chi connectivity index (χ1) is 13.4. The third-order valence-corrected chi connectivity index (χ3v) is 7.47. The summed E-state index contributed by atoms with van der Waals surface area (Å²) >= 11 is 1.63. The van der Waals surface area contributed by atoms with Gasteiger partial charge in [-0.15, -0.1) is 11.3 Å². The van der Waals surface area contributed by atoms with Gasteiger partial charge in [-0.25, -0.2) is 8.42 Å². The highest BCUT2D eigenvalue weighted by Gasteiger charge is 2.28. The summed E-state index contributed by atoms with van der Waals surface area (Å²) < 4.78 is 34.0. The molecule has 1 aromatic carbocycles. The van der Waals surface area contributed by atoms with E-state index in [1.807, 2.05) is 43.5 Å². The van der Waals surface area contributed by atoms with Gasteiger partial charge < -0.3 is 4.74 Å². The van der Waals surface area contributed by atoms with Crippen molar-refractivity contribution in [3.8, 4) is 5.75 Å². The van der Waals surface area contributed by atoms with Crippen molar-refractivity contribution in [1.82, 2.24) is 9.29 Å². The Hall–Kier alpha value is -2.22. The minimum atomic E-state index is -3.75. The summed E-state index contributed by atoms with van der Waals surface area (Å²) in [5.41, 5.74) is 2.76. The number of ether oxygens (including phenoxy) is 1. The topological polar surface area (TPSA) is 59.5 Å². The summed E-state index contributed by atoms with van der Waals surface area (Å²) in [6, 6.07) is 11.2. The average Bonchev–Trinajstić information content (AvgIpc) is 3.21. The van der Waals surface area contributed by atoms with E-state index in [9.17, 15) is 8.42 Å². The molecule has 0 amide bonds. The number of methoxy groups -OCH3 is 1. The van der Waals surface area contributed by atoms with Gasteiger partial charge in [-0.2, -0.15) is 4.31 Å². The molecular weight excluding hydrogens is 392 g/mol. The Kier molecular flexibility index (Phi) is 6.49. The number of thiophene rings is 1. The highest BCUT2D eigenvalue weighted by atomic mass is 32.2. The molecule has 0 fully saturated rings. The SMILES string of the molecule is COc1cc(C)c(C)cc1S(=O)(=O)N(CCc1cccs1)Cc1cccnc1. The lowest BCUT2D eigenvalue weighted by molar-refractivity contribution is 0.386. The van der Waals surface area contributed by atoms with Gasteiger partial charge in [0.2, 0.25) is 10.0 Å². The minimum Gasteiger partial charge on any atom is -0.495 e. The number of hydrogen-bond acceptors (Lipinski definition) is 5. The largest absolute Gasteiger partial charge is 0.495 e. The maximum Gasteiger partial charge on any atom is 0.247 e. The molecule has 28 heavy (non-hydrogen) atoms. The van der Waals surface area contributed by atoms with E-state index in [0.29, 0.717) is 18.7 Å². The Morgan fingerprint density at radius 3 is 2.57 bits per heavy atom. The molecule has 0 bridgehead atoms. The van der Waals surface area contributed by atoms with E-state index in [4.69, 9.17) is 4.74 Å². The third kappa shape index (κ3) is 4.60. The second-order valence-electron chi connectivity index (χ2n) is 6.62. The average molecular weight is 417 g/mol. The van der Waals surface area contributed by atoms with Gasteiger partial charge in [0.1, 0.15) is 10.6 Å². The van der Waals surface area contributed by atoms with Crippen LogP contribution in [0.3, 0.4) is 0 Å². The monoisotopic (exact) mass is 416 g/mol. The van der Waals surface area contributed by atoms with Gasteiger partial charge >= 0.3 is 0 Å². The zero-order valence-electron chi connectivity index (χ0n) is 16.3. The van der Waals surface area contributed by atoms with Crippen LogP contribution in [0.25, 0.3) is 0 Å². The Morgan fingerprint density at radius 1 is 1.14 bits per heavy atom. The van der Waals surface area contributed by atoms with Crippen molar-refractivity contribution in [2.45, 2.75) is 31.7 Å². The van der Waals surface area contributed by atoms with Crippen molar-refractivity contribution in [2.75, 3.05) is 13.7 Å². The lowest BCUT2D eigenvalue weighted by Crippen LogP contribution is -2.33. The Bertz CT molecular complexity index is 1020. The van der Waals surface area contributed by atoms with Crippen LogP contribution >= 0.6 is 11.3 Å². The zero-order chi connectivity index (χ0) is 20.1. The Morgan fingerprint density at radius 2 is 1.93 bits per heavy atom. The Labute approximate surface area is 170 Å². The van der Waals surface area contributed by atoms with Gasteiger partial charge in [-0.05, 0) is 66.6 Å². The van der Waals surface area contributed by atoms with Crippen LogP contribution in [0, 0.1) is 13.8 Å². The van der Waals surface area contributed by atoms with E-state index < -0.39 is 10.0 Å². The molecule has 0 atom stereocenters. The summed E-state index contributed by atoms with van der Waals surface area (Å²) in [4.78, 5) is 5.47. The number of hydrogen-bond donors (Lipinski definition) is 0. The standard InChI is InChI=1S/C21H24N2O3S2/c1-16-12-20(26-3)21(13-17(16)2)28(24,25)23(10-8-19-7-5-11-27-19)15-18-6-4-9-22-14-18/h4-7,9,11-14H,8,10,15H2,1-3H3. The Balaban J connectivity index is 1.98. The molecule has 0 radical (unpaired) electrons. The molecule has 5 nitrogen and oxygen atoms in total. The van der Waals surface area contributed by atoms with Crippen LogP contribution in [0.2, 0.25) is 0 Å². The fourth-order valence-corrected chi connectivity index (χ4v) is 5.28. The lowest BCUT2D eigenvalue weighted by atomic mass is 10.1. The van der Waals surface area contributed by atoms with Crippen LogP contribution < -0.4 is 4.74 Å². The summed E-state index contributed by atoms with van der Waals surface area (Å²) in [6.07, 6.45) is 4.04. The van der Waals surface area contributed by atoms with E-state index in [1.165, 1.54) is 11.4 Å². The third-order valence-electron chi connectivity index (χ3n) is 4.67. The first-order valence-electron chi connectivity index (χ1n) is 8.98. The predicted molar refractivity (Wildman–Crippen MR) is 112 cm³/mol. The number of aryl methyl sites for hydroxylation is 2. The summed E-state index contributed by atoms with van der Waals surface area (Å²) in [6.45, 7) is 4.49. The van der Waals surface area contributed by atoms with Crippen molar-refractivity contribution >= 4 is 21.4 Å². The lowest BCUT2D eigenvalue weighted by Gasteiger charge is -2.24. The molecule has 0 N–H and O–H groups in total. The van der Waals surface area contributed by atoms with E-state index in [-0.39, 0.29) is 11.4 Å². The number of aromatic nitrogens is 1. The molecule has 148 valence electrons. The van der Waals surface area contributed by atoms with Gasteiger partial charge in [0.15, 0.2) is 0 Å². The number of benzene rings is 1. The van der Waals surface area contributed by atoms with Crippen molar-refractivity contribution in [3.63, 3.8) is 0 Å². The van der Waals surface area contributed by atoms with Gasteiger partial charge in [0.25, 0.3) is 0 Å². The van der Waals surface area contributed by atoms with Crippen molar-refractivity contribution in [2.24, 2.45) is 0 Å². The molecule has 0 aliphatic rings. The second kappa shape index (κ2) is 8.86. The van der Waals surface area contributed by atoms with Crippen LogP contribution in [0.15, 0.2) is 59.1 Å².